The predicted octanol–water partition coefficient (Wildman–Crippen LogP) is 15.8. The fraction of sp³-hybridized carbons (Fsp3) is 0.574. The van der Waals surface area contributed by atoms with E-state index in [-0.39, 0.29) is 18.3 Å². The summed E-state index contributed by atoms with van der Waals surface area (Å²) in [7, 11) is -0.507. The van der Waals surface area contributed by atoms with Gasteiger partial charge in [-0.25, -0.2) is 0 Å². The van der Waals surface area contributed by atoms with Gasteiger partial charge in [-0.3, -0.25) is 0 Å². The first-order valence-electron chi connectivity index (χ1n) is 21.7. The average Bonchev–Trinajstić information content (AvgIpc) is 4.02. The standard InChI is InChI=1S/C47H57BF6N2O2S3/c1-9-43(7,30-20-14-11-15-21-30)36-29-34-40(60-36)39-33(45(34,24-16-12-18-26-46(49,50)51)25-17-13-19-27-47(52,53)54)28-35(59-39)31-22-23-32(38-37(31)55-61-56-38)44(8,10-2)48-57-41(3,4)42(5,6)58-48/h11,14-15,20-23,28-29H,9-10,12-13,16-19,24-27H2,1-8H3. The van der Waals surface area contributed by atoms with E-state index in [0.717, 1.165) is 55.2 Å². The number of benzene rings is 2. The van der Waals surface area contributed by atoms with Gasteiger partial charge in [0.2, 0.25) is 0 Å². The Hall–Kier alpha value is -2.78. The molecular weight excluding hydrogens is 846 g/mol. The van der Waals surface area contributed by atoms with Crippen LogP contribution in [0.2, 0.25) is 0 Å². The second-order valence-corrected chi connectivity index (χ2v) is 21.3. The van der Waals surface area contributed by atoms with Gasteiger partial charge in [0.1, 0.15) is 11.0 Å². The molecule has 7 rings (SSSR count). The number of aromatic nitrogens is 2. The van der Waals surface area contributed by atoms with E-state index >= 15 is 0 Å². The zero-order valence-electron chi connectivity index (χ0n) is 36.5. The van der Waals surface area contributed by atoms with Crippen LogP contribution in [0.25, 0.3) is 31.2 Å². The average molecular weight is 903 g/mol. The molecule has 0 spiro atoms. The van der Waals surface area contributed by atoms with E-state index in [1.165, 1.54) is 27.7 Å². The van der Waals surface area contributed by atoms with Crippen LogP contribution in [0.4, 0.5) is 26.3 Å². The van der Waals surface area contributed by atoms with Crippen molar-refractivity contribution in [1.29, 1.82) is 0 Å². The van der Waals surface area contributed by atoms with Crippen molar-refractivity contribution >= 4 is 52.6 Å². The van der Waals surface area contributed by atoms with E-state index in [1.807, 2.05) is 6.07 Å². The Kier molecular flexibility index (Phi) is 12.9. The zero-order chi connectivity index (χ0) is 44.2. The van der Waals surface area contributed by atoms with Crippen LogP contribution in [0.15, 0.2) is 54.6 Å². The topological polar surface area (TPSA) is 44.2 Å². The minimum atomic E-state index is -4.22. The highest BCUT2D eigenvalue weighted by Crippen LogP contribution is 2.62. The Morgan fingerprint density at radius 1 is 0.656 bits per heavy atom. The Morgan fingerprint density at radius 2 is 1.21 bits per heavy atom. The van der Waals surface area contributed by atoms with E-state index in [0.29, 0.717) is 38.5 Å². The maximum atomic E-state index is 13.3. The third-order valence-corrected chi connectivity index (χ3v) is 17.6. The molecule has 330 valence electrons. The Bertz CT molecular complexity index is 2280. The number of hydrogen-bond acceptors (Lipinski definition) is 7. The molecule has 5 aromatic rings. The third kappa shape index (κ3) is 8.75. The highest BCUT2D eigenvalue weighted by Gasteiger charge is 2.58. The maximum absolute atomic E-state index is 13.3. The predicted molar refractivity (Wildman–Crippen MR) is 240 cm³/mol. The number of unbranched alkanes of at least 4 members (excludes halogenated alkanes) is 4. The van der Waals surface area contributed by atoms with Gasteiger partial charge in [0.25, 0.3) is 0 Å². The molecule has 0 saturated carbocycles. The summed E-state index contributed by atoms with van der Waals surface area (Å²) in [5, 5.41) is -0.533. The number of nitrogens with zero attached hydrogens (tertiary/aromatic N) is 2. The summed E-state index contributed by atoms with van der Waals surface area (Å²) in [5.74, 6) is 0. The lowest BCUT2D eigenvalue weighted by molar-refractivity contribution is -0.136. The number of rotatable bonds is 17. The van der Waals surface area contributed by atoms with Crippen LogP contribution in [0.1, 0.15) is 160 Å². The summed E-state index contributed by atoms with van der Waals surface area (Å²) in [4.78, 5) is 4.52. The van der Waals surface area contributed by atoms with Gasteiger partial charge in [-0.05, 0) is 101 Å². The van der Waals surface area contributed by atoms with Crippen molar-refractivity contribution in [2.45, 2.75) is 172 Å². The minimum Gasteiger partial charge on any atom is -0.403 e. The molecule has 1 saturated heterocycles. The fourth-order valence-corrected chi connectivity index (χ4v) is 12.9. The second-order valence-electron chi connectivity index (χ2n) is 18.7. The van der Waals surface area contributed by atoms with Gasteiger partial charge in [0.15, 0.2) is 0 Å². The summed E-state index contributed by atoms with van der Waals surface area (Å²) in [6.07, 6.45) is -5.24. The molecule has 14 heteroatoms. The summed E-state index contributed by atoms with van der Waals surface area (Å²) in [6, 6.07) is 19.3. The Labute approximate surface area is 369 Å². The quantitative estimate of drug-likeness (QED) is 0.0530. The lowest BCUT2D eigenvalue weighted by Gasteiger charge is -2.33. The molecule has 0 radical (unpaired) electrons. The molecule has 4 heterocycles. The monoisotopic (exact) mass is 902 g/mol. The molecule has 1 aliphatic heterocycles. The first-order valence-corrected chi connectivity index (χ1v) is 24.1. The van der Waals surface area contributed by atoms with Crippen LogP contribution in [0.5, 0.6) is 0 Å². The number of fused-ring (bicyclic) bond motifs is 4. The maximum Gasteiger partial charge on any atom is 0.468 e. The molecule has 3 aromatic heterocycles. The minimum absolute atomic E-state index is 0.0420. The molecule has 1 aliphatic carbocycles. The molecular formula is C47H57BF6N2O2S3. The van der Waals surface area contributed by atoms with Crippen molar-refractivity contribution in [2.75, 3.05) is 0 Å². The van der Waals surface area contributed by atoms with Crippen molar-refractivity contribution < 1.29 is 35.7 Å². The first kappa shape index (κ1) is 46.2. The van der Waals surface area contributed by atoms with E-state index in [4.69, 9.17) is 18.1 Å². The Morgan fingerprint density at radius 3 is 1.77 bits per heavy atom. The largest absolute Gasteiger partial charge is 0.468 e. The lowest BCUT2D eigenvalue weighted by atomic mass is 9.53. The van der Waals surface area contributed by atoms with Crippen LogP contribution in [0.3, 0.4) is 0 Å². The molecule has 4 nitrogen and oxygen atoms in total. The van der Waals surface area contributed by atoms with E-state index in [2.05, 4.69) is 104 Å². The van der Waals surface area contributed by atoms with E-state index < -0.39 is 54.2 Å². The van der Waals surface area contributed by atoms with E-state index in [9.17, 15) is 26.3 Å². The number of hydrogen-bond donors (Lipinski definition) is 0. The molecule has 1 fully saturated rings. The molecule has 61 heavy (non-hydrogen) atoms. The molecule has 0 bridgehead atoms. The van der Waals surface area contributed by atoms with E-state index in [1.54, 1.807) is 22.7 Å². The van der Waals surface area contributed by atoms with Crippen LogP contribution in [0, 0.1) is 0 Å². The summed E-state index contributed by atoms with van der Waals surface area (Å²) >= 11 is 4.66. The molecule has 2 atom stereocenters. The van der Waals surface area contributed by atoms with Gasteiger partial charge >= 0.3 is 19.5 Å². The van der Waals surface area contributed by atoms with Crippen molar-refractivity contribution in [2.24, 2.45) is 0 Å². The van der Waals surface area contributed by atoms with Gasteiger partial charge < -0.3 is 9.31 Å². The summed E-state index contributed by atoms with van der Waals surface area (Å²) in [6.45, 7) is 17.0. The van der Waals surface area contributed by atoms with Crippen LogP contribution < -0.4 is 0 Å². The number of halogens is 6. The van der Waals surface area contributed by atoms with Crippen molar-refractivity contribution in [3.63, 3.8) is 0 Å². The normalized spacial score (nSPS) is 19.0. The molecule has 0 N–H and O–H groups in total. The first-order chi connectivity index (χ1) is 28.6. The summed E-state index contributed by atoms with van der Waals surface area (Å²) in [5.41, 5.74) is 5.16. The zero-order valence-corrected chi connectivity index (χ0v) is 38.9. The summed E-state index contributed by atoms with van der Waals surface area (Å²) < 4.78 is 103. The SMILES string of the molecule is CCC(C)(B1OC(C)(C)C(C)(C)O1)c1ccc(-c2cc3c(s2)-c2sc(C(C)(CC)c4ccccc4)cc2C3(CCCCCC(F)(F)F)CCCCCC(F)(F)F)c2nsnc12. The molecule has 2 aliphatic rings. The second kappa shape index (κ2) is 17.0. The van der Waals surface area contributed by atoms with Gasteiger partial charge in [-0.15, -0.1) is 22.7 Å². The van der Waals surface area contributed by atoms with Crippen LogP contribution in [-0.2, 0) is 25.5 Å². The highest BCUT2D eigenvalue weighted by atomic mass is 32.1. The van der Waals surface area contributed by atoms with Gasteiger partial charge in [0.05, 0.1) is 22.9 Å². The van der Waals surface area contributed by atoms with Crippen molar-refractivity contribution in [1.82, 2.24) is 8.75 Å². The van der Waals surface area contributed by atoms with Crippen LogP contribution >= 0.6 is 34.4 Å². The Balaban J connectivity index is 1.34. The molecule has 2 unspecified atom stereocenters. The third-order valence-electron chi connectivity index (χ3n) is 14.3. The van der Waals surface area contributed by atoms with Crippen molar-refractivity contribution in [3.05, 3.63) is 81.7 Å². The van der Waals surface area contributed by atoms with Gasteiger partial charge in [-0.2, -0.15) is 35.1 Å². The fourth-order valence-electron chi connectivity index (χ4n) is 9.34. The number of thiophene rings is 2. The van der Waals surface area contributed by atoms with Gasteiger partial charge in [-0.1, -0.05) is 95.8 Å². The number of alkyl halides is 6. The highest BCUT2D eigenvalue weighted by molar-refractivity contribution is 7.24. The molecule has 2 aromatic carbocycles. The van der Waals surface area contributed by atoms with Gasteiger partial charge in [0, 0.05) is 54.1 Å². The van der Waals surface area contributed by atoms with Crippen LogP contribution in [-0.4, -0.2) is 39.4 Å². The lowest BCUT2D eigenvalue weighted by Crippen LogP contribution is -2.43. The van der Waals surface area contributed by atoms with Crippen molar-refractivity contribution in [3.8, 4) is 20.2 Å². The molecule has 0 amide bonds. The smallest absolute Gasteiger partial charge is 0.403 e.